The van der Waals surface area contributed by atoms with Crippen LogP contribution in [0.2, 0.25) is 0 Å². The zero-order chi connectivity index (χ0) is 17.8. The van der Waals surface area contributed by atoms with Crippen molar-refractivity contribution in [3.63, 3.8) is 0 Å². The summed E-state index contributed by atoms with van der Waals surface area (Å²) in [6.07, 6.45) is 3.41. The zero-order valence-corrected chi connectivity index (χ0v) is 13.9. The van der Waals surface area contributed by atoms with Gasteiger partial charge in [0, 0.05) is 0 Å². The van der Waals surface area contributed by atoms with E-state index in [1.807, 2.05) is 0 Å². The third kappa shape index (κ3) is 90.9. The molecule has 0 aliphatic heterocycles. The normalized spacial score (nSPS) is 4.60. The van der Waals surface area contributed by atoms with E-state index in [1.165, 1.54) is 32.2 Å². The van der Waals surface area contributed by atoms with Gasteiger partial charge in [-0.2, -0.15) is 0 Å². The SMILES string of the molecule is CCCCC#C[C](=[W])OC.[C-]#[O+].[C-]#[O+].[C-]#[O+].[C-]#[O+].[C-]#[O+]. The summed E-state index contributed by atoms with van der Waals surface area (Å²) < 4.78 is 43.3. The molecule has 0 unspecified atom stereocenters. The maximum atomic E-state index is 7.50. The molecular weight excluding hydrogens is 436 g/mol. The van der Waals surface area contributed by atoms with Gasteiger partial charge in [0.25, 0.3) is 0 Å². The zero-order valence-electron chi connectivity index (χ0n) is 11.0. The van der Waals surface area contributed by atoms with Gasteiger partial charge < -0.3 is 0 Å². The molecule has 20 heavy (non-hydrogen) atoms. The van der Waals surface area contributed by atoms with E-state index in [9.17, 15) is 0 Å². The number of unbranched alkanes of at least 4 members (excludes halogenated alkanes) is 2. The summed E-state index contributed by atoms with van der Waals surface area (Å²) in [5.74, 6) is 5.99. The summed E-state index contributed by atoms with van der Waals surface area (Å²) in [7, 11) is 1.66. The Bertz CT molecular complexity index is 292. The third-order valence-corrected chi connectivity index (χ3v) is 2.00. The molecule has 106 valence electrons. The summed E-state index contributed by atoms with van der Waals surface area (Å²) in [5, 5.41) is 0. The molecule has 0 saturated heterocycles. The Balaban J connectivity index is -0.0000000412. The molecule has 0 amide bonds. The molecule has 0 spiro atoms. The van der Waals surface area contributed by atoms with E-state index in [2.05, 4.69) is 52.0 Å². The molecule has 0 aliphatic carbocycles. The first-order valence-electron chi connectivity index (χ1n) is 4.40. The van der Waals surface area contributed by atoms with Gasteiger partial charge in [-0.15, -0.1) is 0 Å². The Morgan fingerprint density at radius 2 is 1.30 bits per heavy atom. The van der Waals surface area contributed by atoms with Gasteiger partial charge in [-0.3, -0.25) is 0 Å². The monoisotopic (exact) mass is 448 g/mol. The number of methoxy groups -OCH3 is 1. The van der Waals surface area contributed by atoms with Gasteiger partial charge in [0.15, 0.2) is 0 Å². The number of hydrogen-bond acceptors (Lipinski definition) is 1. The van der Waals surface area contributed by atoms with Crippen molar-refractivity contribution in [2.24, 2.45) is 0 Å². The molecule has 0 aliphatic rings. The van der Waals surface area contributed by atoms with Crippen LogP contribution in [0.5, 0.6) is 0 Å². The molecule has 0 atom stereocenters. The molecule has 7 heteroatoms. The summed E-state index contributed by atoms with van der Waals surface area (Å²) in [6, 6.07) is 0. The molecule has 0 rings (SSSR count). The van der Waals surface area contributed by atoms with Crippen LogP contribution in [0, 0.1) is 45.1 Å². The van der Waals surface area contributed by atoms with Gasteiger partial charge in [0.2, 0.25) is 0 Å². The first-order valence-corrected chi connectivity index (χ1v) is 5.86. The second-order valence-corrected chi connectivity index (χ2v) is 3.23. The van der Waals surface area contributed by atoms with Crippen LogP contribution < -0.4 is 0 Å². The van der Waals surface area contributed by atoms with Gasteiger partial charge in [0.05, 0.1) is 0 Å². The van der Waals surface area contributed by atoms with E-state index in [-0.39, 0.29) is 0 Å². The Morgan fingerprint density at radius 3 is 1.55 bits per heavy atom. The molecule has 0 saturated carbocycles. The van der Waals surface area contributed by atoms with Gasteiger partial charge in [-0.05, 0) is 0 Å². The quantitative estimate of drug-likeness (QED) is 0.276. The van der Waals surface area contributed by atoms with Crippen LogP contribution in [0.3, 0.4) is 0 Å². The average molecular weight is 448 g/mol. The molecule has 0 N–H and O–H groups in total. The van der Waals surface area contributed by atoms with Gasteiger partial charge >= 0.3 is 130 Å². The van der Waals surface area contributed by atoms with Crippen molar-refractivity contribution in [1.82, 2.24) is 0 Å². The molecule has 0 aromatic carbocycles. The molecular formula is C13H12O6W. The molecule has 0 fully saturated rings. The minimum atomic E-state index is 0.885. The summed E-state index contributed by atoms with van der Waals surface area (Å²) in [4.78, 5) is 0. The summed E-state index contributed by atoms with van der Waals surface area (Å²) in [5.41, 5.74) is 0. The average Bonchev–Trinajstić information content (AvgIpc) is 2.60. The van der Waals surface area contributed by atoms with E-state index in [0.29, 0.717) is 0 Å². The van der Waals surface area contributed by atoms with Crippen LogP contribution in [-0.4, -0.2) is 11.2 Å². The molecule has 0 aromatic heterocycles. The van der Waals surface area contributed by atoms with Crippen molar-refractivity contribution < 1.29 is 47.4 Å². The molecule has 6 nitrogen and oxygen atoms in total. The van der Waals surface area contributed by atoms with Crippen LogP contribution >= 0.6 is 0 Å². The summed E-state index contributed by atoms with van der Waals surface area (Å²) >= 11 is 1.31. The molecule has 0 radical (unpaired) electrons. The molecule has 0 bridgehead atoms. The van der Waals surface area contributed by atoms with Crippen molar-refractivity contribution in [1.29, 1.82) is 0 Å². The van der Waals surface area contributed by atoms with E-state index < -0.39 is 0 Å². The van der Waals surface area contributed by atoms with Gasteiger partial charge in [-0.1, -0.05) is 0 Å². The Labute approximate surface area is 130 Å². The van der Waals surface area contributed by atoms with Crippen molar-refractivity contribution in [3.05, 3.63) is 33.3 Å². The topological polar surface area (TPSA) is 109 Å². The van der Waals surface area contributed by atoms with Crippen molar-refractivity contribution in [3.8, 4) is 11.8 Å². The predicted molar refractivity (Wildman–Crippen MR) is 59.0 cm³/mol. The number of rotatable bonds is 3. The fourth-order valence-corrected chi connectivity index (χ4v) is 0.710. The van der Waals surface area contributed by atoms with Crippen LogP contribution in [0.15, 0.2) is 0 Å². The Morgan fingerprint density at radius 1 is 0.950 bits per heavy atom. The van der Waals surface area contributed by atoms with E-state index in [4.69, 9.17) is 28.0 Å². The molecule has 0 aromatic rings. The van der Waals surface area contributed by atoms with E-state index in [0.717, 1.165) is 10.5 Å². The van der Waals surface area contributed by atoms with Crippen molar-refractivity contribution >= 4 is 4.08 Å². The standard InChI is InChI=1S/C8H12O.5CO.W/c1-3-4-5-6-7-8-9-2;5*1-2;/h3-5H2,1-2H3;;;;;;. The first-order chi connectivity index (χ1) is 9.81. The van der Waals surface area contributed by atoms with E-state index >= 15 is 0 Å². The maximum absolute atomic E-state index is 7.50. The van der Waals surface area contributed by atoms with E-state index in [1.54, 1.807) is 7.11 Å². The second-order valence-electron chi connectivity index (χ2n) is 1.90. The first kappa shape index (κ1) is 36.3. The fourth-order valence-electron chi connectivity index (χ4n) is 0.451. The summed E-state index contributed by atoms with van der Waals surface area (Å²) in [6.45, 7) is 24.7. The van der Waals surface area contributed by atoms with Crippen molar-refractivity contribution in [2.75, 3.05) is 7.11 Å². The van der Waals surface area contributed by atoms with Crippen LogP contribution in [0.4, 0.5) is 0 Å². The van der Waals surface area contributed by atoms with Crippen molar-refractivity contribution in [2.45, 2.75) is 26.2 Å². The number of hydrogen-bond donors (Lipinski definition) is 0. The Hall–Kier alpha value is -1.22. The molecule has 0 heterocycles. The fraction of sp³-hybridized carbons (Fsp3) is 0.385. The number of ether oxygens (including phenoxy) is 1. The van der Waals surface area contributed by atoms with Gasteiger partial charge in [0.1, 0.15) is 0 Å². The van der Waals surface area contributed by atoms with Crippen LogP contribution in [-0.2, 0) is 47.4 Å². The van der Waals surface area contributed by atoms with Crippen LogP contribution in [0.1, 0.15) is 26.2 Å². The predicted octanol–water partition coefficient (Wildman–Crippen LogP) is 1.32. The van der Waals surface area contributed by atoms with Crippen LogP contribution in [0.25, 0.3) is 0 Å². The van der Waals surface area contributed by atoms with Gasteiger partial charge in [-0.25, -0.2) is 0 Å². The minimum absolute atomic E-state index is 0.885. The Kier molecular flexibility index (Phi) is 150. The second kappa shape index (κ2) is 82.7. The third-order valence-electron chi connectivity index (χ3n) is 1.03.